The van der Waals surface area contributed by atoms with E-state index in [1.165, 1.54) is 11.1 Å². The van der Waals surface area contributed by atoms with E-state index in [4.69, 9.17) is 10.5 Å². The Balaban J connectivity index is 2.13. The average molecular weight is 327 g/mol. The van der Waals surface area contributed by atoms with Gasteiger partial charge in [-0.3, -0.25) is 4.90 Å². The van der Waals surface area contributed by atoms with Gasteiger partial charge in [-0.1, -0.05) is 29.8 Å². The van der Waals surface area contributed by atoms with Crippen LogP contribution in [0.3, 0.4) is 0 Å². The van der Waals surface area contributed by atoms with Gasteiger partial charge in [0.15, 0.2) is 0 Å². The number of halogens is 1. The van der Waals surface area contributed by atoms with Gasteiger partial charge in [0, 0.05) is 29.5 Å². The summed E-state index contributed by atoms with van der Waals surface area (Å²) < 4.78 is 6.94. The van der Waals surface area contributed by atoms with Gasteiger partial charge in [-0.2, -0.15) is 0 Å². The van der Waals surface area contributed by atoms with Crippen molar-refractivity contribution in [2.45, 2.75) is 26.8 Å². The van der Waals surface area contributed by atoms with Crippen LogP contribution in [0.1, 0.15) is 25.0 Å². The van der Waals surface area contributed by atoms with Crippen LogP contribution in [0.15, 0.2) is 16.6 Å². The largest absolute Gasteiger partial charge is 0.493 e. The molecule has 0 saturated carbocycles. The molecule has 0 spiro atoms. The van der Waals surface area contributed by atoms with Crippen molar-refractivity contribution >= 4 is 15.9 Å². The molecule has 2 N–H and O–H groups in total. The van der Waals surface area contributed by atoms with Crippen molar-refractivity contribution in [3.05, 3.63) is 27.7 Å². The smallest absolute Gasteiger partial charge is 0.127 e. The van der Waals surface area contributed by atoms with Gasteiger partial charge < -0.3 is 10.5 Å². The summed E-state index contributed by atoms with van der Waals surface area (Å²) in [5, 5.41) is 0. The highest BCUT2D eigenvalue weighted by atomic mass is 79.9. The molecular weight excluding hydrogens is 304 g/mol. The second-order valence-electron chi connectivity index (χ2n) is 5.32. The second kappa shape index (κ2) is 6.73. The molecule has 0 amide bonds. The third-order valence-electron chi connectivity index (χ3n) is 3.64. The van der Waals surface area contributed by atoms with E-state index >= 15 is 0 Å². The third-order valence-corrected chi connectivity index (χ3v) is 4.10. The highest BCUT2D eigenvalue weighted by Gasteiger charge is 2.19. The Hall–Kier alpha value is -0.580. The first kappa shape index (κ1) is 14.8. The molecule has 19 heavy (non-hydrogen) atoms. The summed E-state index contributed by atoms with van der Waals surface area (Å²) in [6.07, 6.45) is 1.02. The van der Waals surface area contributed by atoms with Gasteiger partial charge >= 0.3 is 0 Å². The number of nitrogens with two attached hydrogens (primary N) is 1. The van der Waals surface area contributed by atoms with Crippen LogP contribution in [0.4, 0.5) is 0 Å². The molecule has 106 valence electrons. The molecule has 3 nitrogen and oxygen atoms in total. The Kier molecular flexibility index (Phi) is 5.25. The fourth-order valence-electron chi connectivity index (χ4n) is 2.53. The Labute approximate surface area is 124 Å². The predicted octanol–water partition coefficient (Wildman–Crippen LogP) is 2.80. The molecular formula is C15H23BrN2O. The summed E-state index contributed by atoms with van der Waals surface area (Å²) in [6, 6.07) is 4.35. The molecule has 2 rings (SSSR count). The lowest BCUT2D eigenvalue weighted by molar-refractivity contribution is 0.239. The lowest BCUT2D eigenvalue weighted by atomic mass is 10.1. The molecule has 0 saturated heterocycles. The number of benzene rings is 1. The maximum atomic E-state index is 5.79. The van der Waals surface area contributed by atoms with E-state index in [0.717, 1.165) is 49.4 Å². The molecule has 0 bridgehead atoms. The maximum Gasteiger partial charge on any atom is 0.127 e. The molecule has 1 aliphatic heterocycles. The van der Waals surface area contributed by atoms with Gasteiger partial charge in [0.2, 0.25) is 0 Å². The molecule has 0 aromatic heterocycles. The third kappa shape index (κ3) is 3.71. The molecule has 1 aromatic rings. The van der Waals surface area contributed by atoms with Crippen molar-refractivity contribution in [3.63, 3.8) is 0 Å². The highest BCUT2D eigenvalue weighted by molar-refractivity contribution is 9.10. The number of hydrogen-bond donors (Lipinski definition) is 1. The molecule has 4 heteroatoms. The normalized spacial score (nSPS) is 15.4. The lowest BCUT2D eigenvalue weighted by Crippen LogP contribution is -2.31. The van der Waals surface area contributed by atoms with Gasteiger partial charge in [-0.05, 0) is 36.7 Å². The van der Waals surface area contributed by atoms with Crippen LogP contribution in [-0.4, -0.2) is 31.1 Å². The quantitative estimate of drug-likeness (QED) is 0.873. The topological polar surface area (TPSA) is 38.5 Å². The van der Waals surface area contributed by atoms with Gasteiger partial charge in [-0.15, -0.1) is 0 Å². The number of ether oxygens (including phenoxy) is 1. The molecule has 1 heterocycles. The van der Waals surface area contributed by atoms with E-state index in [1.54, 1.807) is 0 Å². The number of rotatable bonds is 6. The van der Waals surface area contributed by atoms with Crippen molar-refractivity contribution in [1.29, 1.82) is 0 Å². The van der Waals surface area contributed by atoms with Gasteiger partial charge in [0.1, 0.15) is 5.75 Å². The molecule has 0 radical (unpaired) electrons. The van der Waals surface area contributed by atoms with Crippen LogP contribution in [0.2, 0.25) is 0 Å². The fourth-order valence-corrected chi connectivity index (χ4v) is 3.08. The van der Waals surface area contributed by atoms with Gasteiger partial charge in [0.05, 0.1) is 6.61 Å². The Morgan fingerprint density at radius 1 is 1.47 bits per heavy atom. The van der Waals surface area contributed by atoms with Crippen molar-refractivity contribution < 1.29 is 4.74 Å². The summed E-state index contributed by atoms with van der Waals surface area (Å²) in [5.41, 5.74) is 8.34. The molecule has 0 fully saturated rings. The first-order chi connectivity index (χ1) is 9.13. The Morgan fingerprint density at radius 2 is 2.26 bits per heavy atom. The van der Waals surface area contributed by atoms with E-state index in [2.05, 4.69) is 46.8 Å². The number of fused-ring (bicyclic) bond motifs is 1. The van der Waals surface area contributed by atoms with Crippen LogP contribution in [0, 0.1) is 5.92 Å². The van der Waals surface area contributed by atoms with Crippen molar-refractivity contribution in [1.82, 2.24) is 4.90 Å². The molecule has 1 atom stereocenters. The minimum atomic E-state index is 0.529. The summed E-state index contributed by atoms with van der Waals surface area (Å²) in [7, 11) is 0. The standard InChI is InChI=1S/C15H23BrN2O/c1-3-18(9-11(2)8-17)10-13-7-14(16)6-12-4-5-19-15(12)13/h6-7,11H,3-5,8-10,17H2,1-2H3. The minimum absolute atomic E-state index is 0.529. The molecule has 1 aliphatic rings. The zero-order valence-electron chi connectivity index (χ0n) is 11.8. The molecule has 0 aliphatic carbocycles. The van der Waals surface area contributed by atoms with Gasteiger partial charge in [-0.25, -0.2) is 0 Å². The summed E-state index contributed by atoms with van der Waals surface area (Å²) in [6.45, 7) is 8.95. The highest BCUT2D eigenvalue weighted by Crippen LogP contribution is 2.33. The van der Waals surface area contributed by atoms with Crippen molar-refractivity contribution in [2.24, 2.45) is 11.7 Å². The predicted molar refractivity (Wildman–Crippen MR) is 82.5 cm³/mol. The number of nitrogens with zero attached hydrogens (tertiary/aromatic N) is 1. The molecule has 1 unspecified atom stereocenters. The monoisotopic (exact) mass is 326 g/mol. The van der Waals surface area contributed by atoms with Crippen molar-refractivity contribution in [2.75, 3.05) is 26.2 Å². The second-order valence-corrected chi connectivity index (χ2v) is 6.24. The van der Waals surface area contributed by atoms with Crippen LogP contribution in [0.5, 0.6) is 5.75 Å². The first-order valence-electron chi connectivity index (χ1n) is 7.00. The van der Waals surface area contributed by atoms with Crippen LogP contribution >= 0.6 is 15.9 Å². The van der Waals surface area contributed by atoms with E-state index in [-0.39, 0.29) is 0 Å². The van der Waals surface area contributed by atoms with Crippen molar-refractivity contribution in [3.8, 4) is 5.75 Å². The minimum Gasteiger partial charge on any atom is -0.493 e. The van der Waals surface area contributed by atoms with E-state index < -0.39 is 0 Å². The Morgan fingerprint density at radius 3 is 2.95 bits per heavy atom. The van der Waals surface area contributed by atoms with Crippen LogP contribution in [-0.2, 0) is 13.0 Å². The summed E-state index contributed by atoms with van der Waals surface area (Å²) in [4.78, 5) is 2.43. The van der Waals surface area contributed by atoms with Crippen LogP contribution < -0.4 is 10.5 Å². The zero-order chi connectivity index (χ0) is 13.8. The SMILES string of the molecule is CCN(Cc1cc(Br)cc2c1OCC2)CC(C)CN. The fraction of sp³-hybridized carbons (Fsp3) is 0.600. The number of hydrogen-bond acceptors (Lipinski definition) is 3. The first-order valence-corrected chi connectivity index (χ1v) is 7.79. The van der Waals surface area contributed by atoms with E-state index in [1.807, 2.05) is 0 Å². The molecule has 1 aromatic carbocycles. The maximum absolute atomic E-state index is 5.79. The average Bonchev–Trinajstić information content (AvgIpc) is 2.85. The summed E-state index contributed by atoms with van der Waals surface area (Å²) >= 11 is 3.60. The van der Waals surface area contributed by atoms with E-state index in [9.17, 15) is 0 Å². The van der Waals surface area contributed by atoms with Crippen LogP contribution in [0.25, 0.3) is 0 Å². The lowest BCUT2D eigenvalue weighted by Gasteiger charge is -2.24. The van der Waals surface area contributed by atoms with Gasteiger partial charge in [0.25, 0.3) is 0 Å². The van der Waals surface area contributed by atoms with E-state index in [0.29, 0.717) is 5.92 Å². The summed E-state index contributed by atoms with van der Waals surface area (Å²) in [5.74, 6) is 1.63. The Bertz CT molecular complexity index is 436. The zero-order valence-corrected chi connectivity index (χ0v) is 13.4.